The zero-order chi connectivity index (χ0) is 14.3. The monoisotopic (exact) mass is 267 g/mol. The van der Waals surface area contributed by atoms with E-state index in [-0.39, 0.29) is 11.9 Å². The van der Waals surface area contributed by atoms with Crippen LogP contribution in [-0.4, -0.2) is 27.2 Å². The van der Waals surface area contributed by atoms with Crippen molar-refractivity contribution in [3.8, 4) is 0 Å². The molecule has 1 rings (SSSR count). The zero-order valence-electron chi connectivity index (χ0n) is 12.1. The summed E-state index contributed by atoms with van der Waals surface area (Å²) in [7, 11) is 1.87. The molecule has 108 valence electrons. The summed E-state index contributed by atoms with van der Waals surface area (Å²) in [6, 6.07) is -0.116. The largest absolute Gasteiger partial charge is 0.346 e. The van der Waals surface area contributed by atoms with Crippen molar-refractivity contribution in [2.45, 2.75) is 45.6 Å². The fourth-order valence-electron chi connectivity index (χ4n) is 2.19. The van der Waals surface area contributed by atoms with Crippen molar-refractivity contribution in [1.82, 2.24) is 20.1 Å². The Morgan fingerprint density at radius 3 is 2.79 bits per heavy atom. The van der Waals surface area contributed by atoms with Gasteiger partial charge < -0.3 is 15.6 Å². The highest BCUT2D eigenvalue weighted by Gasteiger charge is 2.15. The van der Waals surface area contributed by atoms with Gasteiger partial charge in [-0.25, -0.2) is 0 Å². The Morgan fingerprint density at radius 1 is 1.53 bits per heavy atom. The summed E-state index contributed by atoms with van der Waals surface area (Å²) >= 11 is 0. The van der Waals surface area contributed by atoms with E-state index in [9.17, 15) is 4.79 Å². The van der Waals surface area contributed by atoms with Crippen molar-refractivity contribution in [3.05, 3.63) is 12.2 Å². The fourth-order valence-corrected chi connectivity index (χ4v) is 2.19. The Kier molecular flexibility index (Phi) is 6.49. The van der Waals surface area contributed by atoms with Crippen molar-refractivity contribution < 1.29 is 4.79 Å². The van der Waals surface area contributed by atoms with Gasteiger partial charge in [0.15, 0.2) is 5.82 Å². The van der Waals surface area contributed by atoms with Gasteiger partial charge in [0.25, 0.3) is 0 Å². The van der Waals surface area contributed by atoms with Crippen LogP contribution >= 0.6 is 0 Å². The number of carbonyl (C=O) groups is 1. The lowest BCUT2D eigenvalue weighted by Gasteiger charge is -2.15. The topological polar surface area (TPSA) is 85.8 Å². The molecule has 1 amide bonds. The number of nitrogens with two attached hydrogens (primary N) is 1. The smallest absolute Gasteiger partial charge is 0.220 e. The van der Waals surface area contributed by atoms with Gasteiger partial charge in [0.2, 0.25) is 5.91 Å². The second kappa shape index (κ2) is 7.89. The number of nitrogens with zero attached hydrogens (tertiary/aromatic N) is 3. The lowest BCUT2D eigenvalue weighted by atomic mass is 9.96. The van der Waals surface area contributed by atoms with Gasteiger partial charge in [-0.3, -0.25) is 4.79 Å². The van der Waals surface area contributed by atoms with E-state index in [0.717, 1.165) is 25.1 Å². The second-order valence-corrected chi connectivity index (χ2v) is 4.98. The molecule has 3 N–H and O–H groups in total. The van der Waals surface area contributed by atoms with Crippen molar-refractivity contribution in [1.29, 1.82) is 0 Å². The third-order valence-electron chi connectivity index (χ3n) is 3.44. The molecule has 19 heavy (non-hydrogen) atoms. The zero-order valence-corrected chi connectivity index (χ0v) is 12.1. The molecule has 0 aliphatic rings. The van der Waals surface area contributed by atoms with Gasteiger partial charge in [-0.05, 0) is 32.2 Å². The van der Waals surface area contributed by atoms with E-state index in [1.807, 2.05) is 18.5 Å². The molecule has 1 aromatic heterocycles. The number of hydrogen-bond acceptors (Lipinski definition) is 4. The summed E-state index contributed by atoms with van der Waals surface area (Å²) < 4.78 is 1.81. The van der Waals surface area contributed by atoms with Crippen LogP contribution in [0.25, 0.3) is 0 Å². The van der Waals surface area contributed by atoms with Crippen molar-refractivity contribution in [2.24, 2.45) is 18.7 Å². The number of rotatable bonds is 8. The van der Waals surface area contributed by atoms with Crippen LogP contribution < -0.4 is 11.1 Å². The van der Waals surface area contributed by atoms with E-state index in [2.05, 4.69) is 22.4 Å². The van der Waals surface area contributed by atoms with Crippen molar-refractivity contribution in [3.63, 3.8) is 0 Å². The van der Waals surface area contributed by atoms with E-state index < -0.39 is 0 Å². The minimum atomic E-state index is -0.116. The van der Waals surface area contributed by atoms with E-state index in [1.54, 1.807) is 6.33 Å². The molecule has 6 nitrogen and oxygen atoms in total. The average molecular weight is 267 g/mol. The third kappa shape index (κ3) is 4.98. The fraction of sp³-hybridized carbons (Fsp3) is 0.769. The van der Waals surface area contributed by atoms with Crippen LogP contribution in [0.2, 0.25) is 0 Å². The van der Waals surface area contributed by atoms with Crippen LogP contribution in [0.5, 0.6) is 0 Å². The summed E-state index contributed by atoms with van der Waals surface area (Å²) in [4.78, 5) is 11.9. The third-order valence-corrected chi connectivity index (χ3v) is 3.44. The summed E-state index contributed by atoms with van der Waals surface area (Å²) in [5.74, 6) is 1.37. The van der Waals surface area contributed by atoms with Gasteiger partial charge in [-0.2, -0.15) is 0 Å². The molecule has 1 aromatic rings. The molecule has 0 fully saturated rings. The Bertz CT molecular complexity index is 390. The van der Waals surface area contributed by atoms with Crippen LogP contribution in [0, 0.1) is 5.92 Å². The summed E-state index contributed by atoms with van der Waals surface area (Å²) in [5, 5.41) is 10.8. The molecule has 0 spiro atoms. The van der Waals surface area contributed by atoms with E-state index in [1.165, 1.54) is 0 Å². The first-order valence-electron chi connectivity index (χ1n) is 6.91. The highest BCUT2D eigenvalue weighted by Crippen LogP contribution is 2.15. The molecule has 0 aliphatic carbocycles. The number of hydrogen-bond donors (Lipinski definition) is 2. The molecular weight excluding hydrogens is 242 g/mol. The molecule has 0 radical (unpaired) electrons. The van der Waals surface area contributed by atoms with E-state index in [4.69, 9.17) is 5.73 Å². The van der Waals surface area contributed by atoms with Gasteiger partial charge in [0.1, 0.15) is 6.33 Å². The van der Waals surface area contributed by atoms with Gasteiger partial charge in [0.05, 0.1) is 6.04 Å². The van der Waals surface area contributed by atoms with Gasteiger partial charge in [-0.1, -0.05) is 13.3 Å². The number of nitrogens with one attached hydrogen (secondary N) is 1. The predicted molar refractivity (Wildman–Crippen MR) is 74.2 cm³/mol. The number of carbonyl (C=O) groups excluding carboxylic acids is 1. The van der Waals surface area contributed by atoms with Crippen molar-refractivity contribution >= 4 is 5.91 Å². The van der Waals surface area contributed by atoms with E-state index >= 15 is 0 Å². The number of amides is 1. The lowest BCUT2D eigenvalue weighted by Crippen LogP contribution is -2.28. The molecule has 0 aromatic carbocycles. The van der Waals surface area contributed by atoms with Crippen LogP contribution in [0.1, 0.15) is 51.4 Å². The molecule has 0 saturated heterocycles. The normalized spacial score (nSPS) is 14.1. The molecule has 0 bridgehead atoms. The Morgan fingerprint density at radius 2 is 2.26 bits per heavy atom. The van der Waals surface area contributed by atoms with Crippen LogP contribution in [0.15, 0.2) is 6.33 Å². The van der Waals surface area contributed by atoms with Crippen molar-refractivity contribution in [2.75, 3.05) is 6.54 Å². The highest BCUT2D eigenvalue weighted by molar-refractivity contribution is 5.76. The van der Waals surface area contributed by atoms with Gasteiger partial charge in [-0.15, -0.1) is 10.2 Å². The molecule has 2 unspecified atom stereocenters. The van der Waals surface area contributed by atoms with Crippen LogP contribution in [-0.2, 0) is 11.8 Å². The Hall–Kier alpha value is -1.43. The van der Waals surface area contributed by atoms with E-state index in [0.29, 0.717) is 18.9 Å². The standard InChI is InChI=1S/C13H25N5O/c1-4-11(7-8-14)5-6-12(19)16-10(2)13-17-15-9-18(13)3/h9-11H,4-8,14H2,1-3H3,(H,16,19). The molecular formula is C13H25N5O. The Labute approximate surface area is 114 Å². The summed E-state index contributed by atoms with van der Waals surface area (Å²) in [5.41, 5.74) is 5.55. The van der Waals surface area contributed by atoms with Gasteiger partial charge in [0, 0.05) is 13.5 Å². The molecule has 0 saturated carbocycles. The molecule has 2 atom stereocenters. The highest BCUT2D eigenvalue weighted by atomic mass is 16.1. The molecule has 1 heterocycles. The average Bonchev–Trinajstić information content (AvgIpc) is 2.80. The molecule has 0 aliphatic heterocycles. The van der Waals surface area contributed by atoms with Crippen LogP contribution in [0.4, 0.5) is 0 Å². The summed E-state index contributed by atoms with van der Waals surface area (Å²) in [6.07, 6.45) is 5.13. The number of aryl methyl sites for hydroxylation is 1. The minimum absolute atomic E-state index is 0.0611. The first-order chi connectivity index (χ1) is 9.08. The Balaban J connectivity index is 2.37. The minimum Gasteiger partial charge on any atom is -0.346 e. The summed E-state index contributed by atoms with van der Waals surface area (Å²) in [6.45, 7) is 4.75. The first-order valence-corrected chi connectivity index (χ1v) is 6.91. The maximum atomic E-state index is 11.9. The second-order valence-electron chi connectivity index (χ2n) is 4.98. The maximum Gasteiger partial charge on any atom is 0.220 e. The quantitative estimate of drug-likeness (QED) is 0.739. The maximum absolute atomic E-state index is 11.9. The van der Waals surface area contributed by atoms with Crippen LogP contribution in [0.3, 0.4) is 0 Å². The molecule has 6 heteroatoms. The SMILES string of the molecule is CCC(CCN)CCC(=O)NC(C)c1nncn1C. The number of aromatic nitrogens is 3. The van der Waals surface area contributed by atoms with Gasteiger partial charge >= 0.3 is 0 Å². The lowest BCUT2D eigenvalue weighted by molar-refractivity contribution is -0.122. The predicted octanol–water partition coefficient (Wildman–Crippen LogP) is 1.15. The first kappa shape index (κ1) is 15.6.